The van der Waals surface area contributed by atoms with Gasteiger partial charge in [0.1, 0.15) is 5.15 Å². The van der Waals surface area contributed by atoms with Gasteiger partial charge in [0.2, 0.25) is 0 Å². The van der Waals surface area contributed by atoms with Crippen molar-refractivity contribution in [3.05, 3.63) is 22.4 Å². The number of hydrogen-bond acceptors (Lipinski definition) is 2. The number of nitrogens with one attached hydrogen (secondary N) is 1. The Balaban J connectivity index is 0.000000561. The summed E-state index contributed by atoms with van der Waals surface area (Å²) in [4.78, 5) is 3.82. The fourth-order valence-corrected chi connectivity index (χ4v) is 0.828. The van der Waals surface area contributed by atoms with Crippen molar-refractivity contribution in [3.63, 3.8) is 0 Å². The number of rotatable bonds is 1. The maximum Gasteiger partial charge on any atom is 0.147 e. The number of anilines is 1. The highest BCUT2D eigenvalue weighted by Gasteiger charge is 1.97. The van der Waals surface area contributed by atoms with Crippen molar-refractivity contribution >= 4 is 28.9 Å². The second-order valence-electron chi connectivity index (χ2n) is 1.75. The zero-order chi connectivity index (χ0) is 9.56. The summed E-state index contributed by atoms with van der Waals surface area (Å²) < 4.78 is 0. The van der Waals surface area contributed by atoms with Crippen molar-refractivity contribution in [2.75, 3.05) is 12.4 Å². The van der Waals surface area contributed by atoms with Crippen LogP contribution in [0.5, 0.6) is 0 Å². The Morgan fingerprint density at radius 3 is 2.33 bits per heavy atom. The van der Waals surface area contributed by atoms with Crippen molar-refractivity contribution in [3.8, 4) is 0 Å². The molecule has 0 aliphatic rings. The average molecular weight is 207 g/mol. The lowest BCUT2D eigenvalue weighted by Gasteiger charge is -1.99. The number of aromatic nitrogens is 1. The molecule has 0 amide bonds. The van der Waals surface area contributed by atoms with Crippen molar-refractivity contribution in [1.29, 1.82) is 0 Å². The van der Waals surface area contributed by atoms with Gasteiger partial charge in [-0.2, -0.15) is 0 Å². The van der Waals surface area contributed by atoms with E-state index >= 15 is 0 Å². The smallest absolute Gasteiger partial charge is 0.147 e. The Labute approximate surface area is 82.9 Å². The Morgan fingerprint density at radius 1 is 1.33 bits per heavy atom. The van der Waals surface area contributed by atoms with Crippen LogP contribution in [0.15, 0.2) is 12.3 Å². The van der Waals surface area contributed by atoms with Gasteiger partial charge in [0, 0.05) is 7.05 Å². The number of hydrogen-bond donors (Lipinski definition) is 1. The first-order chi connectivity index (χ1) is 5.74. The third-order valence-corrected chi connectivity index (χ3v) is 1.77. The van der Waals surface area contributed by atoms with Crippen LogP contribution in [0.25, 0.3) is 0 Å². The van der Waals surface area contributed by atoms with Crippen LogP contribution in [0.4, 0.5) is 5.69 Å². The largest absolute Gasteiger partial charge is 0.387 e. The molecule has 1 heterocycles. The van der Waals surface area contributed by atoms with E-state index in [0.717, 1.165) is 5.69 Å². The summed E-state index contributed by atoms with van der Waals surface area (Å²) in [6.45, 7) is 4.00. The Hall–Kier alpha value is -0.470. The van der Waals surface area contributed by atoms with Crippen LogP contribution in [0.2, 0.25) is 10.2 Å². The summed E-state index contributed by atoms with van der Waals surface area (Å²) in [7, 11) is 1.79. The van der Waals surface area contributed by atoms with Crippen LogP contribution in [0, 0.1) is 0 Å². The topological polar surface area (TPSA) is 24.9 Å². The van der Waals surface area contributed by atoms with E-state index in [1.165, 1.54) is 0 Å². The van der Waals surface area contributed by atoms with Gasteiger partial charge >= 0.3 is 0 Å². The molecule has 0 spiro atoms. The van der Waals surface area contributed by atoms with Gasteiger partial charge in [0.15, 0.2) is 0 Å². The molecule has 4 heteroatoms. The fourth-order valence-electron chi connectivity index (χ4n) is 0.558. The lowest BCUT2D eigenvalue weighted by atomic mass is 10.4. The zero-order valence-corrected chi connectivity index (χ0v) is 8.87. The molecular formula is C8H12Cl2N2. The molecule has 2 nitrogen and oxygen atoms in total. The molecule has 0 fully saturated rings. The number of pyridine rings is 1. The zero-order valence-electron chi connectivity index (χ0n) is 7.36. The Kier molecular flexibility index (Phi) is 5.85. The Morgan fingerprint density at radius 2 is 1.92 bits per heavy atom. The van der Waals surface area contributed by atoms with E-state index in [4.69, 9.17) is 23.2 Å². The van der Waals surface area contributed by atoms with Crippen LogP contribution in [0.3, 0.4) is 0 Å². The average Bonchev–Trinajstić information content (AvgIpc) is 2.13. The maximum atomic E-state index is 5.66. The standard InChI is InChI=1S/C6H6Cl2N2.C2H6/c1-9-4-2-5(7)6(8)10-3-4;1-2/h2-3,9H,1H3;1-2H3. The maximum absolute atomic E-state index is 5.66. The molecule has 0 aliphatic carbocycles. The second kappa shape index (κ2) is 6.09. The van der Waals surface area contributed by atoms with E-state index in [9.17, 15) is 0 Å². The molecule has 68 valence electrons. The van der Waals surface area contributed by atoms with Gasteiger partial charge in [0.25, 0.3) is 0 Å². The summed E-state index contributed by atoms with van der Waals surface area (Å²) in [5, 5.41) is 3.69. The van der Waals surface area contributed by atoms with Crippen LogP contribution >= 0.6 is 23.2 Å². The summed E-state index contributed by atoms with van der Waals surface area (Å²) >= 11 is 11.2. The monoisotopic (exact) mass is 206 g/mol. The molecule has 1 aromatic heterocycles. The third-order valence-electron chi connectivity index (χ3n) is 1.08. The van der Waals surface area contributed by atoms with Gasteiger partial charge in [-0.25, -0.2) is 4.98 Å². The third kappa shape index (κ3) is 3.28. The molecule has 1 N–H and O–H groups in total. The summed E-state index contributed by atoms with van der Waals surface area (Å²) in [6.07, 6.45) is 1.62. The van der Waals surface area contributed by atoms with Gasteiger partial charge in [-0.1, -0.05) is 37.0 Å². The summed E-state index contributed by atoms with van der Waals surface area (Å²) in [5.74, 6) is 0. The first-order valence-electron chi connectivity index (χ1n) is 3.73. The molecule has 0 saturated carbocycles. The second-order valence-corrected chi connectivity index (χ2v) is 2.51. The lowest BCUT2D eigenvalue weighted by Crippen LogP contribution is -1.88. The predicted molar refractivity (Wildman–Crippen MR) is 55.2 cm³/mol. The van der Waals surface area contributed by atoms with Gasteiger partial charge in [-0.15, -0.1) is 0 Å². The molecule has 0 atom stereocenters. The molecule has 12 heavy (non-hydrogen) atoms. The van der Waals surface area contributed by atoms with Gasteiger partial charge < -0.3 is 5.32 Å². The normalized spacial score (nSPS) is 8.42. The first-order valence-corrected chi connectivity index (χ1v) is 4.48. The van der Waals surface area contributed by atoms with E-state index < -0.39 is 0 Å². The molecule has 0 bridgehead atoms. The van der Waals surface area contributed by atoms with E-state index in [1.807, 2.05) is 13.8 Å². The molecule has 0 aromatic carbocycles. The molecule has 0 aliphatic heterocycles. The molecule has 0 unspecified atom stereocenters. The number of halogens is 2. The van der Waals surface area contributed by atoms with Crippen LogP contribution in [-0.4, -0.2) is 12.0 Å². The highest BCUT2D eigenvalue weighted by molar-refractivity contribution is 6.41. The minimum atomic E-state index is 0.334. The summed E-state index contributed by atoms with van der Waals surface area (Å²) in [5.41, 5.74) is 0.856. The fraction of sp³-hybridized carbons (Fsp3) is 0.375. The van der Waals surface area contributed by atoms with Gasteiger partial charge in [-0.05, 0) is 6.07 Å². The van der Waals surface area contributed by atoms with Crippen molar-refractivity contribution in [2.24, 2.45) is 0 Å². The van der Waals surface area contributed by atoms with Gasteiger partial charge in [-0.3, -0.25) is 0 Å². The van der Waals surface area contributed by atoms with Crippen LogP contribution in [0.1, 0.15) is 13.8 Å². The summed E-state index contributed by atoms with van der Waals surface area (Å²) in [6, 6.07) is 1.72. The molecule has 1 rings (SSSR count). The van der Waals surface area contributed by atoms with E-state index in [0.29, 0.717) is 10.2 Å². The first kappa shape index (κ1) is 11.5. The minimum Gasteiger partial charge on any atom is -0.387 e. The molecule has 0 saturated heterocycles. The van der Waals surface area contributed by atoms with E-state index in [1.54, 1.807) is 19.3 Å². The highest BCUT2D eigenvalue weighted by atomic mass is 35.5. The highest BCUT2D eigenvalue weighted by Crippen LogP contribution is 2.21. The SMILES string of the molecule is CC.CNc1cnc(Cl)c(Cl)c1. The number of nitrogens with zero attached hydrogens (tertiary/aromatic N) is 1. The van der Waals surface area contributed by atoms with Crippen molar-refractivity contribution in [2.45, 2.75) is 13.8 Å². The minimum absolute atomic E-state index is 0.334. The predicted octanol–water partition coefficient (Wildman–Crippen LogP) is 3.46. The van der Waals surface area contributed by atoms with Crippen LogP contribution < -0.4 is 5.32 Å². The quantitative estimate of drug-likeness (QED) is 0.713. The molecule has 0 radical (unpaired) electrons. The molecular weight excluding hydrogens is 195 g/mol. The van der Waals surface area contributed by atoms with Crippen molar-refractivity contribution in [1.82, 2.24) is 4.98 Å². The van der Waals surface area contributed by atoms with Crippen LogP contribution in [-0.2, 0) is 0 Å². The van der Waals surface area contributed by atoms with Gasteiger partial charge in [0.05, 0.1) is 16.9 Å². The van der Waals surface area contributed by atoms with E-state index in [-0.39, 0.29) is 0 Å². The molecule has 1 aromatic rings. The lowest BCUT2D eigenvalue weighted by molar-refractivity contribution is 1.31. The van der Waals surface area contributed by atoms with Crippen molar-refractivity contribution < 1.29 is 0 Å². The van der Waals surface area contributed by atoms with E-state index in [2.05, 4.69) is 10.3 Å². The Bertz CT molecular complexity index is 238.